The SMILES string of the molecule is CC1=Cc2c(cccc2P(c2ccccc2)c2ccccc2)[CH]1[Zr]([Cl])([Cl])([CH]1C(C)=Cc2c1cccc2P(c1ccccc1)c1ccccc1)[SiH](C)C. The molecule has 0 spiro atoms. The van der Waals surface area contributed by atoms with Gasteiger partial charge in [0, 0.05) is 0 Å². The summed E-state index contributed by atoms with van der Waals surface area (Å²) >= 11 is -4.87. The van der Waals surface area contributed by atoms with Gasteiger partial charge in [0.2, 0.25) is 0 Å². The monoisotopic (exact) mass is 845 g/mol. The molecule has 2 atom stereocenters. The van der Waals surface area contributed by atoms with E-state index in [0.717, 1.165) is 0 Å². The van der Waals surface area contributed by atoms with Crippen LogP contribution in [-0.2, 0) is 15.6 Å². The van der Waals surface area contributed by atoms with Crippen LogP contribution in [0.4, 0.5) is 0 Å². The molecule has 0 bridgehead atoms. The van der Waals surface area contributed by atoms with Crippen LogP contribution in [0.15, 0.2) is 169 Å². The van der Waals surface area contributed by atoms with E-state index in [0.29, 0.717) is 0 Å². The third kappa shape index (κ3) is 6.08. The van der Waals surface area contributed by atoms with Gasteiger partial charge in [-0.1, -0.05) is 0 Å². The summed E-state index contributed by atoms with van der Waals surface area (Å²) in [6, 6.07) is 58.1. The van der Waals surface area contributed by atoms with Gasteiger partial charge < -0.3 is 0 Å². The van der Waals surface area contributed by atoms with Gasteiger partial charge in [0.1, 0.15) is 0 Å². The first-order valence-electron chi connectivity index (χ1n) is 18.2. The van der Waals surface area contributed by atoms with E-state index in [2.05, 4.69) is 197 Å². The van der Waals surface area contributed by atoms with E-state index >= 15 is 0 Å². The van der Waals surface area contributed by atoms with E-state index in [9.17, 15) is 0 Å². The Morgan fingerprint density at radius 1 is 0.442 bits per heavy atom. The number of hydrogen-bond donors (Lipinski definition) is 0. The molecule has 0 aromatic heterocycles. The van der Waals surface area contributed by atoms with Gasteiger partial charge >= 0.3 is 324 Å². The fourth-order valence-electron chi connectivity index (χ4n) is 8.92. The fraction of sp³-hybridized carbons (Fsp3) is 0.130. The van der Waals surface area contributed by atoms with Gasteiger partial charge in [-0.2, -0.15) is 0 Å². The first-order valence-corrected chi connectivity index (χ1v) is 37.2. The van der Waals surface area contributed by atoms with Gasteiger partial charge in [-0.15, -0.1) is 0 Å². The number of fused-ring (bicyclic) bond motifs is 2. The van der Waals surface area contributed by atoms with Gasteiger partial charge in [0.25, 0.3) is 0 Å². The maximum absolute atomic E-state index is 8.68. The van der Waals surface area contributed by atoms with Crippen molar-refractivity contribution in [3.05, 3.63) is 191 Å². The van der Waals surface area contributed by atoms with E-state index in [-0.39, 0.29) is 7.25 Å². The second-order valence-corrected chi connectivity index (χ2v) is 61.5. The Bertz CT molecular complexity index is 2070. The first kappa shape index (κ1) is 36.3. The topological polar surface area (TPSA) is 0 Å². The molecular weight excluding hydrogens is 805 g/mol. The second-order valence-electron chi connectivity index (χ2n) is 14.6. The van der Waals surface area contributed by atoms with Crippen molar-refractivity contribution in [3.8, 4) is 0 Å². The van der Waals surface area contributed by atoms with Crippen LogP contribution in [0.25, 0.3) is 12.2 Å². The zero-order valence-electron chi connectivity index (χ0n) is 30.0. The summed E-state index contributed by atoms with van der Waals surface area (Å²) in [6.07, 6.45) is 4.92. The molecule has 0 nitrogen and oxygen atoms in total. The fourth-order valence-corrected chi connectivity index (χ4v) is 46.8. The number of halogens is 2. The standard InChI is InChI=1S/2C22H18P.C2H7Si.2ClH.Zr/c2*1-17-15-18-9-8-14-22(21(18)16-17)23(19-10-4-2-5-11-19)20-12-6-3-7-13-20;1-3-2;;;/h2*2-16H,1H3;3H,1-2H3;2*1H;/q;;;;;+2/p-2. The Hall–Kier alpha value is -2.66. The molecule has 0 heterocycles. The van der Waals surface area contributed by atoms with Crippen molar-refractivity contribution in [2.75, 3.05) is 0 Å². The second kappa shape index (κ2) is 14.5. The molecule has 0 saturated heterocycles. The summed E-state index contributed by atoms with van der Waals surface area (Å²) in [5.74, 6) is -1.67. The number of benzene rings is 6. The quantitative estimate of drug-likeness (QED) is 0.100. The molecule has 2 aliphatic rings. The van der Waals surface area contributed by atoms with Crippen LogP contribution in [0.5, 0.6) is 0 Å². The molecule has 0 N–H and O–H groups in total. The number of allylic oxidation sites excluding steroid dienone is 2. The van der Waals surface area contributed by atoms with Gasteiger partial charge in [-0.3, -0.25) is 0 Å². The van der Waals surface area contributed by atoms with Crippen LogP contribution < -0.4 is 31.8 Å². The molecule has 0 amide bonds. The normalized spacial score (nSPS) is 17.4. The molecule has 0 saturated carbocycles. The van der Waals surface area contributed by atoms with Crippen molar-refractivity contribution in [1.82, 2.24) is 0 Å². The molecule has 0 aliphatic heterocycles. The minimum atomic E-state index is -4.87. The molecule has 0 fully saturated rings. The van der Waals surface area contributed by atoms with Gasteiger partial charge in [0.05, 0.1) is 0 Å². The Morgan fingerprint density at radius 3 is 1.04 bits per heavy atom. The molecular formula is C46H43Cl2P2SiZr. The van der Waals surface area contributed by atoms with Crippen molar-refractivity contribution in [2.45, 2.75) is 34.2 Å². The summed E-state index contributed by atoms with van der Waals surface area (Å²) in [5.41, 5.74) is 8.04. The zero-order chi connectivity index (χ0) is 36.1. The van der Waals surface area contributed by atoms with Crippen LogP contribution in [-0.4, -0.2) is 5.92 Å². The number of rotatable bonds is 9. The molecule has 6 aromatic carbocycles. The van der Waals surface area contributed by atoms with Crippen LogP contribution >= 0.6 is 32.9 Å². The molecule has 8 rings (SSSR count). The Kier molecular flexibility index (Phi) is 10.2. The minimum absolute atomic E-state index is 0.0579. The Balaban J connectivity index is 1.30. The summed E-state index contributed by atoms with van der Waals surface area (Å²) in [7, 11) is 15.8. The summed E-state index contributed by atoms with van der Waals surface area (Å²) in [6.45, 7) is 9.51. The third-order valence-corrected chi connectivity index (χ3v) is 68.5. The molecule has 259 valence electrons. The Labute approximate surface area is 320 Å². The van der Waals surface area contributed by atoms with Crippen molar-refractivity contribution in [1.29, 1.82) is 0 Å². The summed E-state index contributed by atoms with van der Waals surface area (Å²) < 4.78 is 0.116. The van der Waals surface area contributed by atoms with E-state index in [1.165, 1.54) is 65.2 Å². The third-order valence-electron chi connectivity index (χ3n) is 11.3. The molecule has 6 aromatic rings. The van der Waals surface area contributed by atoms with Crippen LogP contribution in [0.1, 0.15) is 43.4 Å². The number of hydrogen-bond acceptors (Lipinski definition) is 0. The van der Waals surface area contributed by atoms with Crippen LogP contribution in [0.3, 0.4) is 0 Å². The first-order chi connectivity index (χ1) is 25.2. The van der Waals surface area contributed by atoms with Gasteiger partial charge in [-0.25, -0.2) is 0 Å². The van der Waals surface area contributed by atoms with E-state index in [4.69, 9.17) is 17.0 Å². The van der Waals surface area contributed by atoms with E-state index < -0.39 is 37.3 Å². The van der Waals surface area contributed by atoms with Crippen LogP contribution in [0.2, 0.25) is 13.1 Å². The summed E-state index contributed by atoms with van der Waals surface area (Å²) in [5, 5.41) is 8.21. The molecule has 2 aliphatic carbocycles. The van der Waals surface area contributed by atoms with Gasteiger partial charge in [-0.05, 0) is 0 Å². The van der Waals surface area contributed by atoms with E-state index in [1.54, 1.807) is 0 Å². The maximum atomic E-state index is 8.68. The predicted octanol–water partition coefficient (Wildman–Crippen LogP) is 10.8. The molecule has 2 unspecified atom stereocenters. The van der Waals surface area contributed by atoms with Crippen molar-refractivity contribution in [3.63, 3.8) is 0 Å². The zero-order valence-corrected chi connectivity index (χ0v) is 37.0. The van der Waals surface area contributed by atoms with E-state index in [1.807, 2.05) is 0 Å². The molecule has 0 radical (unpaired) electrons. The van der Waals surface area contributed by atoms with Crippen molar-refractivity contribution in [2.24, 2.45) is 0 Å². The average Bonchev–Trinajstić information content (AvgIpc) is 3.71. The van der Waals surface area contributed by atoms with Crippen molar-refractivity contribution < 1.29 is 15.6 Å². The molecule has 6 heteroatoms. The van der Waals surface area contributed by atoms with Crippen LogP contribution in [0, 0.1) is 0 Å². The predicted molar refractivity (Wildman–Crippen MR) is 234 cm³/mol. The average molecular weight is 848 g/mol. The summed E-state index contributed by atoms with van der Waals surface area (Å²) in [4.78, 5) is 0. The van der Waals surface area contributed by atoms with Gasteiger partial charge in [0.15, 0.2) is 0 Å². The van der Waals surface area contributed by atoms with Crippen molar-refractivity contribution >= 4 is 82.8 Å². The Morgan fingerprint density at radius 2 is 0.750 bits per heavy atom. The molecule has 52 heavy (non-hydrogen) atoms.